The molecule has 1 aromatic carbocycles. The van der Waals surface area contributed by atoms with E-state index in [1.54, 1.807) is 12.1 Å². The molecule has 0 unspecified atom stereocenters. The fourth-order valence-electron chi connectivity index (χ4n) is 2.76. The zero-order valence-corrected chi connectivity index (χ0v) is 11.9. The van der Waals surface area contributed by atoms with E-state index in [4.69, 9.17) is 0 Å². The summed E-state index contributed by atoms with van der Waals surface area (Å²) in [6, 6.07) is 5.94. The highest BCUT2D eigenvalue weighted by atomic mass is 19.1. The number of aliphatic hydroxyl groups excluding tert-OH is 1. The summed E-state index contributed by atoms with van der Waals surface area (Å²) >= 11 is 0. The van der Waals surface area contributed by atoms with Gasteiger partial charge in [-0.2, -0.15) is 0 Å². The molecule has 1 fully saturated rings. The number of aliphatic hydroxyl groups is 1. The zero-order chi connectivity index (χ0) is 14.6. The Morgan fingerprint density at radius 3 is 2.50 bits per heavy atom. The lowest BCUT2D eigenvalue weighted by atomic mass is 9.77. The van der Waals surface area contributed by atoms with Gasteiger partial charge in [-0.25, -0.2) is 4.39 Å². The summed E-state index contributed by atoms with van der Waals surface area (Å²) in [7, 11) is 0. The molecular formula is C16H22FNO2. The van der Waals surface area contributed by atoms with E-state index in [0.29, 0.717) is 5.92 Å². The minimum Gasteiger partial charge on any atom is -0.394 e. The smallest absolute Gasteiger partial charge is 0.224 e. The Bertz CT molecular complexity index is 450. The lowest BCUT2D eigenvalue weighted by molar-refractivity contribution is -0.123. The fourth-order valence-corrected chi connectivity index (χ4v) is 2.76. The van der Waals surface area contributed by atoms with Gasteiger partial charge >= 0.3 is 0 Å². The van der Waals surface area contributed by atoms with Gasteiger partial charge in [0.2, 0.25) is 5.91 Å². The lowest BCUT2D eigenvalue weighted by Crippen LogP contribution is -2.53. The van der Waals surface area contributed by atoms with Crippen LogP contribution in [0.3, 0.4) is 0 Å². The number of carbonyl (C=O) groups is 1. The molecule has 2 rings (SSSR count). The second-order valence-electron chi connectivity index (χ2n) is 5.97. The molecule has 1 aromatic rings. The van der Waals surface area contributed by atoms with Gasteiger partial charge in [0.1, 0.15) is 5.82 Å². The molecule has 0 spiro atoms. The first-order chi connectivity index (χ1) is 9.53. The molecule has 1 aliphatic rings. The topological polar surface area (TPSA) is 49.3 Å². The molecule has 0 bridgehead atoms. The van der Waals surface area contributed by atoms with Crippen molar-refractivity contribution in [1.29, 1.82) is 0 Å². The van der Waals surface area contributed by atoms with E-state index in [-0.39, 0.29) is 24.8 Å². The first-order valence-electron chi connectivity index (χ1n) is 7.19. The van der Waals surface area contributed by atoms with Gasteiger partial charge in [-0.15, -0.1) is 0 Å². The summed E-state index contributed by atoms with van der Waals surface area (Å²) in [6.45, 7) is 2.18. The van der Waals surface area contributed by atoms with Crippen molar-refractivity contribution in [2.24, 2.45) is 5.92 Å². The highest BCUT2D eigenvalue weighted by Gasteiger charge is 2.34. The summed E-state index contributed by atoms with van der Waals surface area (Å²) < 4.78 is 12.8. The van der Waals surface area contributed by atoms with Gasteiger partial charge in [0.25, 0.3) is 0 Å². The van der Waals surface area contributed by atoms with Gasteiger partial charge < -0.3 is 10.4 Å². The van der Waals surface area contributed by atoms with Crippen LogP contribution in [0.1, 0.15) is 38.2 Å². The van der Waals surface area contributed by atoms with Crippen LogP contribution in [-0.2, 0) is 11.2 Å². The highest BCUT2D eigenvalue weighted by molar-refractivity contribution is 5.79. The van der Waals surface area contributed by atoms with E-state index < -0.39 is 5.54 Å². The van der Waals surface area contributed by atoms with Gasteiger partial charge in [-0.1, -0.05) is 19.1 Å². The molecule has 4 heteroatoms. The second kappa shape index (κ2) is 6.35. The molecule has 2 N–H and O–H groups in total. The number of nitrogens with one attached hydrogen (secondary N) is 1. The Labute approximate surface area is 119 Å². The molecule has 3 nitrogen and oxygen atoms in total. The van der Waals surface area contributed by atoms with Gasteiger partial charge in [-0.3, -0.25) is 4.79 Å². The fraction of sp³-hybridized carbons (Fsp3) is 0.562. The molecule has 0 radical (unpaired) electrons. The van der Waals surface area contributed by atoms with Crippen molar-refractivity contribution in [3.05, 3.63) is 35.6 Å². The number of hydrogen-bond donors (Lipinski definition) is 2. The van der Waals surface area contributed by atoms with Gasteiger partial charge in [0, 0.05) is 0 Å². The van der Waals surface area contributed by atoms with Crippen LogP contribution in [0.2, 0.25) is 0 Å². The third kappa shape index (κ3) is 3.79. The molecule has 20 heavy (non-hydrogen) atoms. The Kier molecular flexibility index (Phi) is 4.76. The molecule has 0 aliphatic heterocycles. The van der Waals surface area contributed by atoms with Crippen molar-refractivity contribution < 1.29 is 14.3 Å². The van der Waals surface area contributed by atoms with Crippen LogP contribution in [0.4, 0.5) is 4.39 Å². The molecule has 0 aromatic heterocycles. The van der Waals surface area contributed by atoms with E-state index in [1.165, 1.54) is 12.1 Å². The summed E-state index contributed by atoms with van der Waals surface area (Å²) in [5, 5.41) is 12.6. The van der Waals surface area contributed by atoms with Crippen LogP contribution in [0.5, 0.6) is 0 Å². The molecule has 110 valence electrons. The first kappa shape index (κ1) is 15.0. The molecular weight excluding hydrogens is 257 g/mol. The van der Waals surface area contributed by atoms with Gasteiger partial charge in [0.15, 0.2) is 0 Å². The van der Waals surface area contributed by atoms with E-state index in [2.05, 4.69) is 12.2 Å². The predicted octanol–water partition coefficient (Wildman–Crippen LogP) is 2.43. The van der Waals surface area contributed by atoms with Crippen molar-refractivity contribution in [1.82, 2.24) is 5.32 Å². The van der Waals surface area contributed by atoms with Crippen molar-refractivity contribution in [3.63, 3.8) is 0 Å². The Morgan fingerprint density at radius 1 is 1.35 bits per heavy atom. The van der Waals surface area contributed by atoms with E-state index >= 15 is 0 Å². The Hall–Kier alpha value is -1.42. The predicted molar refractivity (Wildman–Crippen MR) is 75.7 cm³/mol. The summed E-state index contributed by atoms with van der Waals surface area (Å²) in [6.07, 6.45) is 3.91. The maximum absolute atomic E-state index is 12.8. The average Bonchev–Trinajstić information content (AvgIpc) is 2.44. The average molecular weight is 279 g/mol. The van der Waals surface area contributed by atoms with Crippen molar-refractivity contribution >= 4 is 5.91 Å². The van der Waals surface area contributed by atoms with Crippen LogP contribution >= 0.6 is 0 Å². The van der Waals surface area contributed by atoms with Crippen LogP contribution in [0.15, 0.2) is 24.3 Å². The summed E-state index contributed by atoms with van der Waals surface area (Å²) in [5.74, 6) is 0.242. The molecule has 0 atom stereocenters. The molecule has 0 heterocycles. The highest BCUT2D eigenvalue weighted by Crippen LogP contribution is 2.31. The van der Waals surface area contributed by atoms with Crippen LogP contribution in [-0.4, -0.2) is 23.2 Å². The van der Waals surface area contributed by atoms with Crippen LogP contribution in [0.25, 0.3) is 0 Å². The van der Waals surface area contributed by atoms with Crippen molar-refractivity contribution in [2.75, 3.05) is 6.61 Å². The molecule has 0 saturated heterocycles. The van der Waals surface area contributed by atoms with E-state index in [0.717, 1.165) is 31.2 Å². The van der Waals surface area contributed by atoms with Gasteiger partial charge in [-0.05, 0) is 49.3 Å². The third-order valence-corrected chi connectivity index (χ3v) is 4.22. The largest absolute Gasteiger partial charge is 0.394 e. The maximum Gasteiger partial charge on any atom is 0.224 e. The minimum absolute atomic E-state index is 0.0190. The molecule has 1 aliphatic carbocycles. The number of carbonyl (C=O) groups excluding carboxylic acids is 1. The summed E-state index contributed by atoms with van der Waals surface area (Å²) in [5.41, 5.74) is 0.310. The number of amides is 1. The summed E-state index contributed by atoms with van der Waals surface area (Å²) in [4.78, 5) is 12.1. The zero-order valence-electron chi connectivity index (χ0n) is 11.9. The first-order valence-corrected chi connectivity index (χ1v) is 7.19. The Morgan fingerprint density at radius 2 is 1.95 bits per heavy atom. The number of hydrogen-bond acceptors (Lipinski definition) is 2. The van der Waals surface area contributed by atoms with Crippen LogP contribution < -0.4 is 5.32 Å². The van der Waals surface area contributed by atoms with Crippen molar-refractivity contribution in [2.45, 2.75) is 44.6 Å². The van der Waals surface area contributed by atoms with E-state index in [1.807, 2.05) is 0 Å². The second-order valence-corrected chi connectivity index (χ2v) is 5.97. The minimum atomic E-state index is -0.469. The lowest BCUT2D eigenvalue weighted by Gasteiger charge is -2.38. The standard InChI is InChI=1S/C16H22FNO2/c1-12-6-8-16(11-19,9-7-12)18-15(20)10-13-2-4-14(17)5-3-13/h2-5,12,19H,6-11H2,1H3,(H,18,20). The normalized spacial score (nSPS) is 26.2. The van der Waals surface area contributed by atoms with Crippen LogP contribution in [0, 0.1) is 11.7 Å². The van der Waals surface area contributed by atoms with Crippen molar-refractivity contribution in [3.8, 4) is 0 Å². The SMILES string of the molecule is CC1CCC(CO)(NC(=O)Cc2ccc(F)cc2)CC1. The number of rotatable bonds is 4. The van der Waals surface area contributed by atoms with Gasteiger partial charge in [0.05, 0.1) is 18.6 Å². The molecule has 1 saturated carbocycles. The Balaban J connectivity index is 1.94. The third-order valence-electron chi connectivity index (χ3n) is 4.22. The maximum atomic E-state index is 12.8. The molecule has 1 amide bonds. The number of halogens is 1. The quantitative estimate of drug-likeness (QED) is 0.889. The number of benzene rings is 1. The van der Waals surface area contributed by atoms with E-state index in [9.17, 15) is 14.3 Å². The monoisotopic (exact) mass is 279 g/mol.